The lowest BCUT2D eigenvalue weighted by Crippen LogP contribution is -2.13. The van der Waals surface area contributed by atoms with E-state index in [1.807, 2.05) is 6.92 Å². The number of hydrogen-bond donors (Lipinski definition) is 1. The van der Waals surface area contributed by atoms with Crippen LogP contribution in [0, 0.1) is 10.1 Å². The Labute approximate surface area is 175 Å². The molecular weight excluding hydrogens is 421 g/mol. The maximum Gasteiger partial charge on any atom is 0.282 e. The standard InChI is InChI=1S/C19H15Cl2N3O3S/c1-2-5-16-17(12-9-8-11(20)10-14(12)21)22-19(28-16)23-18(25)13-6-3-4-7-15(13)24(26)27/h3-4,6-10H,2,5H2,1H3,(H,22,23,25). The normalized spacial score (nSPS) is 10.7. The van der Waals surface area contributed by atoms with Gasteiger partial charge in [-0.05, 0) is 30.7 Å². The van der Waals surface area contributed by atoms with E-state index < -0.39 is 10.8 Å². The van der Waals surface area contributed by atoms with Gasteiger partial charge in [0.1, 0.15) is 5.56 Å². The van der Waals surface area contributed by atoms with Crippen molar-refractivity contribution in [3.05, 3.63) is 73.1 Å². The molecule has 1 heterocycles. The second kappa shape index (κ2) is 8.68. The molecule has 6 nitrogen and oxygen atoms in total. The highest BCUT2D eigenvalue weighted by Gasteiger charge is 2.22. The molecule has 9 heteroatoms. The number of rotatable bonds is 6. The molecule has 0 radical (unpaired) electrons. The Morgan fingerprint density at radius 2 is 2.00 bits per heavy atom. The first-order valence-electron chi connectivity index (χ1n) is 8.40. The van der Waals surface area contributed by atoms with Gasteiger partial charge in [-0.3, -0.25) is 20.2 Å². The number of anilines is 1. The molecule has 1 N–H and O–H groups in total. The van der Waals surface area contributed by atoms with Crippen molar-refractivity contribution in [3.8, 4) is 11.3 Å². The molecule has 144 valence electrons. The summed E-state index contributed by atoms with van der Waals surface area (Å²) in [5.41, 5.74) is 1.11. The Morgan fingerprint density at radius 3 is 2.68 bits per heavy atom. The minimum atomic E-state index is -0.585. The maximum absolute atomic E-state index is 12.6. The van der Waals surface area contributed by atoms with Crippen LogP contribution in [0.1, 0.15) is 28.6 Å². The fourth-order valence-corrected chi connectivity index (χ4v) is 4.25. The van der Waals surface area contributed by atoms with E-state index in [1.165, 1.54) is 29.5 Å². The molecule has 0 atom stereocenters. The third-order valence-electron chi connectivity index (χ3n) is 3.93. The molecule has 1 aromatic heterocycles. The predicted octanol–water partition coefficient (Wildman–Crippen LogP) is 6.23. The zero-order chi connectivity index (χ0) is 20.3. The molecule has 2 aromatic carbocycles. The highest BCUT2D eigenvalue weighted by atomic mass is 35.5. The van der Waals surface area contributed by atoms with Crippen LogP contribution in [0.5, 0.6) is 0 Å². The molecule has 0 aliphatic rings. The molecular formula is C19H15Cl2N3O3S. The summed E-state index contributed by atoms with van der Waals surface area (Å²) in [5, 5.41) is 15.2. The summed E-state index contributed by atoms with van der Waals surface area (Å²) in [6, 6.07) is 10.9. The van der Waals surface area contributed by atoms with Gasteiger partial charge in [-0.1, -0.05) is 48.7 Å². The van der Waals surface area contributed by atoms with Gasteiger partial charge in [0.05, 0.1) is 15.6 Å². The Bertz CT molecular complexity index is 1050. The molecule has 0 unspecified atom stereocenters. The first-order valence-corrected chi connectivity index (χ1v) is 9.97. The summed E-state index contributed by atoms with van der Waals surface area (Å²) in [6.07, 6.45) is 1.64. The van der Waals surface area contributed by atoms with Gasteiger partial charge < -0.3 is 0 Å². The number of para-hydroxylation sites is 1. The highest BCUT2D eigenvalue weighted by molar-refractivity contribution is 7.16. The van der Waals surface area contributed by atoms with Crippen molar-refractivity contribution in [3.63, 3.8) is 0 Å². The van der Waals surface area contributed by atoms with Crippen LogP contribution in [-0.4, -0.2) is 15.8 Å². The van der Waals surface area contributed by atoms with Crippen LogP contribution in [0.3, 0.4) is 0 Å². The number of carbonyl (C=O) groups is 1. The minimum absolute atomic E-state index is 0.0224. The lowest BCUT2D eigenvalue weighted by Gasteiger charge is -2.04. The van der Waals surface area contributed by atoms with Crippen molar-refractivity contribution >= 4 is 51.3 Å². The van der Waals surface area contributed by atoms with Crippen LogP contribution in [0.25, 0.3) is 11.3 Å². The zero-order valence-corrected chi connectivity index (χ0v) is 17.1. The van der Waals surface area contributed by atoms with Gasteiger partial charge in [0, 0.05) is 21.5 Å². The average molecular weight is 436 g/mol. The monoisotopic (exact) mass is 435 g/mol. The van der Waals surface area contributed by atoms with E-state index in [0.29, 0.717) is 20.9 Å². The maximum atomic E-state index is 12.6. The number of halogens is 2. The summed E-state index contributed by atoms with van der Waals surface area (Å²) < 4.78 is 0. The molecule has 0 bridgehead atoms. The lowest BCUT2D eigenvalue weighted by atomic mass is 10.1. The van der Waals surface area contributed by atoms with Crippen molar-refractivity contribution in [2.75, 3.05) is 5.32 Å². The Hall–Kier alpha value is -2.48. The summed E-state index contributed by atoms with van der Waals surface area (Å²) in [4.78, 5) is 28.6. The summed E-state index contributed by atoms with van der Waals surface area (Å²) in [5.74, 6) is -0.585. The van der Waals surface area contributed by atoms with Gasteiger partial charge in [-0.2, -0.15) is 0 Å². The first kappa shape index (κ1) is 20.3. The van der Waals surface area contributed by atoms with Crippen LogP contribution < -0.4 is 5.32 Å². The number of nitro benzene ring substituents is 1. The van der Waals surface area contributed by atoms with Crippen LogP contribution >= 0.6 is 34.5 Å². The third-order valence-corrected chi connectivity index (χ3v) is 5.50. The van der Waals surface area contributed by atoms with E-state index in [1.54, 1.807) is 24.3 Å². The highest BCUT2D eigenvalue weighted by Crippen LogP contribution is 2.37. The molecule has 3 rings (SSSR count). The number of amides is 1. The minimum Gasteiger partial charge on any atom is -0.298 e. The number of carbonyl (C=O) groups excluding carboxylic acids is 1. The molecule has 0 fully saturated rings. The van der Waals surface area contributed by atoms with Crippen LogP contribution in [0.2, 0.25) is 10.0 Å². The van der Waals surface area contributed by atoms with Crippen molar-refractivity contribution in [2.24, 2.45) is 0 Å². The fraction of sp³-hybridized carbons (Fsp3) is 0.158. The van der Waals surface area contributed by atoms with Crippen molar-refractivity contribution in [1.82, 2.24) is 4.98 Å². The van der Waals surface area contributed by atoms with E-state index in [4.69, 9.17) is 23.2 Å². The van der Waals surface area contributed by atoms with Crippen LogP contribution in [-0.2, 0) is 6.42 Å². The van der Waals surface area contributed by atoms with Gasteiger partial charge in [0.15, 0.2) is 5.13 Å². The average Bonchev–Trinajstić information content (AvgIpc) is 3.04. The number of hydrogen-bond acceptors (Lipinski definition) is 5. The lowest BCUT2D eigenvalue weighted by molar-refractivity contribution is -0.385. The quantitative estimate of drug-likeness (QED) is 0.367. The van der Waals surface area contributed by atoms with Crippen LogP contribution in [0.15, 0.2) is 42.5 Å². The van der Waals surface area contributed by atoms with Crippen molar-refractivity contribution < 1.29 is 9.72 Å². The molecule has 0 aliphatic carbocycles. The molecule has 3 aromatic rings. The van der Waals surface area contributed by atoms with E-state index in [2.05, 4.69) is 10.3 Å². The second-order valence-electron chi connectivity index (χ2n) is 5.89. The van der Waals surface area contributed by atoms with E-state index in [-0.39, 0.29) is 11.3 Å². The molecule has 0 saturated carbocycles. The largest absolute Gasteiger partial charge is 0.298 e. The number of benzene rings is 2. The van der Waals surface area contributed by atoms with Crippen molar-refractivity contribution in [2.45, 2.75) is 19.8 Å². The van der Waals surface area contributed by atoms with E-state index in [9.17, 15) is 14.9 Å². The number of nitro groups is 1. The topological polar surface area (TPSA) is 85.1 Å². The van der Waals surface area contributed by atoms with Gasteiger partial charge >= 0.3 is 0 Å². The Kier molecular flexibility index (Phi) is 6.28. The molecule has 28 heavy (non-hydrogen) atoms. The smallest absolute Gasteiger partial charge is 0.282 e. The molecule has 0 spiro atoms. The molecule has 1 amide bonds. The van der Waals surface area contributed by atoms with Crippen LogP contribution in [0.4, 0.5) is 10.8 Å². The van der Waals surface area contributed by atoms with E-state index in [0.717, 1.165) is 23.3 Å². The summed E-state index contributed by atoms with van der Waals surface area (Å²) in [7, 11) is 0. The fourth-order valence-electron chi connectivity index (χ4n) is 2.68. The summed E-state index contributed by atoms with van der Waals surface area (Å²) >= 11 is 13.6. The number of aromatic nitrogens is 1. The van der Waals surface area contributed by atoms with Gasteiger partial charge in [-0.25, -0.2) is 4.98 Å². The van der Waals surface area contributed by atoms with Crippen molar-refractivity contribution in [1.29, 1.82) is 0 Å². The van der Waals surface area contributed by atoms with Gasteiger partial charge in [-0.15, -0.1) is 11.3 Å². The Balaban J connectivity index is 1.96. The second-order valence-corrected chi connectivity index (χ2v) is 7.82. The third kappa shape index (κ3) is 4.32. The zero-order valence-electron chi connectivity index (χ0n) is 14.7. The number of aryl methyl sites for hydroxylation is 1. The number of thiazole rings is 1. The van der Waals surface area contributed by atoms with E-state index >= 15 is 0 Å². The molecule has 0 saturated heterocycles. The number of nitrogens with one attached hydrogen (secondary N) is 1. The number of nitrogens with zero attached hydrogens (tertiary/aromatic N) is 2. The van der Waals surface area contributed by atoms with Gasteiger partial charge in [0.25, 0.3) is 11.6 Å². The summed E-state index contributed by atoms with van der Waals surface area (Å²) in [6.45, 7) is 2.04. The molecule has 0 aliphatic heterocycles. The predicted molar refractivity (Wildman–Crippen MR) is 113 cm³/mol. The van der Waals surface area contributed by atoms with Gasteiger partial charge in [0.2, 0.25) is 0 Å². The first-order chi connectivity index (χ1) is 13.4. The SMILES string of the molecule is CCCc1sc(NC(=O)c2ccccc2[N+](=O)[O-])nc1-c1ccc(Cl)cc1Cl. The Morgan fingerprint density at radius 1 is 1.25 bits per heavy atom.